The molecule has 0 aromatic heterocycles. The second kappa shape index (κ2) is 5.73. The van der Waals surface area contributed by atoms with E-state index in [0.717, 1.165) is 20.9 Å². The molecule has 3 nitrogen and oxygen atoms in total. The molecule has 0 saturated heterocycles. The molecular weight excluding hydrogens is 398 g/mol. The monoisotopic (exact) mass is 407 g/mol. The van der Waals surface area contributed by atoms with E-state index in [9.17, 15) is 9.59 Å². The first-order chi connectivity index (χ1) is 10.1. The largest absolute Gasteiger partial charge is 0.352 e. The van der Waals surface area contributed by atoms with Gasteiger partial charge in [0.2, 0.25) is 0 Å². The molecule has 5 heteroatoms. The van der Waals surface area contributed by atoms with Gasteiger partial charge >= 0.3 is 0 Å². The van der Waals surface area contributed by atoms with Crippen LogP contribution < -0.4 is 5.32 Å². The Bertz CT molecular complexity index is 756. The number of nitrogens with one attached hydrogen (secondary N) is 1. The molecule has 1 aliphatic rings. The molecule has 1 amide bonds. The minimum Gasteiger partial charge on any atom is -0.352 e. The van der Waals surface area contributed by atoms with E-state index in [1.54, 1.807) is 18.2 Å². The fourth-order valence-corrected chi connectivity index (χ4v) is 3.17. The van der Waals surface area contributed by atoms with Crippen molar-refractivity contribution in [3.63, 3.8) is 0 Å². The second-order valence-corrected chi connectivity index (χ2v) is 6.60. The third-order valence-corrected chi connectivity index (χ3v) is 4.65. The van der Waals surface area contributed by atoms with Crippen LogP contribution in [0.2, 0.25) is 0 Å². The van der Waals surface area contributed by atoms with E-state index in [2.05, 4.69) is 37.2 Å². The molecule has 2 aromatic rings. The number of rotatable bonds is 2. The van der Waals surface area contributed by atoms with Gasteiger partial charge < -0.3 is 5.32 Å². The number of ketones is 1. The Kier molecular flexibility index (Phi) is 3.95. The maximum Gasteiger partial charge on any atom is 0.251 e. The molecule has 0 unspecified atom stereocenters. The lowest BCUT2D eigenvalue weighted by molar-refractivity contribution is 0.0946. The van der Waals surface area contributed by atoms with E-state index in [1.807, 2.05) is 18.2 Å². The molecule has 0 saturated carbocycles. The Morgan fingerprint density at radius 2 is 1.90 bits per heavy atom. The van der Waals surface area contributed by atoms with Crippen molar-refractivity contribution in [2.45, 2.75) is 6.42 Å². The van der Waals surface area contributed by atoms with Gasteiger partial charge in [-0.3, -0.25) is 9.59 Å². The fraction of sp³-hybridized carbons (Fsp3) is 0.125. The molecule has 0 fully saturated rings. The van der Waals surface area contributed by atoms with Gasteiger partial charge in [0.1, 0.15) is 0 Å². The van der Waals surface area contributed by atoms with Crippen LogP contribution in [0.4, 0.5) is 0 Å². The molecule has 0 bridgehead atoms. The molecule has 2 aromatic carbocycles. The molecule has 0 aliphatic carbocycles. The predicted octanol–water partition coefficient (Wildman–Crippen LogP) is 3.73. The Labute approximate surface area is 139 Å². The summed E-state index contributed by atoms with van der Waals surface area (Å²) in [6.07, 6.45) is 0.802. The van der Waals surface area contributed by atoms with E-state index in [4.69, 9.17) is 0 Å². The van der Waals surface area contributed by atoms with Crippen molar-refractivity contribution in [3.05, 3.63) is 67.6 Å². The van der Waals surface area contributed by atoms with Crippen LogP contribution in [0.3, 0.4) is 0 Å². The molecular formula is C16H11Br2NO2. The minimum absolute atomic E-state index is 0.107. The molecule has 0 radical (unpaired) electrons. The standard InChI is InChI=1S/C16H11Br2NO2/c17-11-3-4-14(18)13(8-11)15(20)10-2-1-9-5-6-19-16(21)12(9)7-10/h1-4,7-8H,5-6H2,(H,19,21). The molecule has 0 spiro atoms. The van der Waals surface area contributed by atoms with Gasteiger partial charge in [-0.1, -0.05) is 44.0 Å². The Morgan fingerprint density at radius 1 is 1.10 bits per heavy atom. The number of carbonyl (C=O) groups excluding carboxylic acids is 2. The molecule has 21 heavy (non-hydrogen) atoms. The van der Waals surface area contributed by atoms with Crippen LogP contribution in [0.25, 0.3) is 0 Å². The topological polar surface area (TPSA) is 46.2 Å². The third-order valence-electron chi connectivity index (χ3n) is 3.47. The zero-order valence-corrected chi connectivity index (χ0v) is 14.1. The average molecular weight is 409 g/mol. The van der Waals surface area contributed by atoms with E-state index in [-0.39, 0.29) is 11.7 Å². The van der Waals surface area contributed by atoms with E-state index < -0.39 is 0 Å². The molecule has 0 atom stereocenters. The Hall–Kier alpha value is -1.46. The minimum atomic E-state index is -0.112. The highest BCUT2D eigenvalue weighted by Gasteiger charge is 2.20. The molecule has 3 rings (SSSR count). The average Bonchev–Trinajstić information content (AvgIpc) is 2.49. The maximum absolute atomic E-state index is 12.6. The highest BCUT2D eigenvalue weighted by Crippen LogP contribution is 2.25. The number of benzene rings is 2. The molecule has 1 heterocycles. The molecule has 1 aliphatic heterocycles. The van der Waals surface area contributed by atoms with Crippen molar-refractivity contribution in [2.24, 2.45) is 0 Å². The van der Waals surface area contributed by atoms with Crippen LogP contribution in [-0.2, 0) is 6.42 Å². The van der Waals surface area contributed by atoms with Crippen LogP contribution in [0, 0.1) is 0 Å². The SMILES string of the molecule is O=C(c1ccc2c(c1)C(=O)NCC2)c1cc(Br)ccc1Br. The van der Waals surface area contributed by atoms with Crippen molar-refractivity contribution < 1.29 is 9.59 Å². The van der Waals surface area contributed by atoms with Crippen LogP contribution >= 0.6 is 31.9 Å². The normalized spacial score (nSPS) is 13.5. The summed E-state index contributed by atoms with van der Waals surface area (Å²) in [4.78, 5) is 24.5. The first-order valence-electron chi connectivity index (χ1n) is 6.47. The summed E-state index contributed by atoms with van der Waals surface area (Å²) >= 11 is 6.76. The number of fused-ring (bicyclic) bond motifs is 1. The van der Waals surface area contributed by atoms with Crippen molar-refractivity contribution in [1.82, 2.24) is 5.32 Å². The Morgan fingerprint density at radius 3 is 2.71 bits per heavy atom. The smallest absolute Gasteiger partial charge is 0.251 e. The van der Waals surface area contributed by atoms with E-state index in [1.165, 1.54) is 0 Å². The number of hydrogen-bond acceptors (Lipinski definition) is 2. The number of hydrogen-bond donors (Lipinski definition) is 1. The molecule has 106 valence electrons. The number of amides is 1. The van der Waals surface area contributed by atoms with Gasteiger partial charge in [-0.25, -0.2) is 0 Å². The van der Waals surface area contributed by atoms with E-state index >= 15 is 0 Å². The quantitative estimate of drug-likeness (QED) is 0.769. The first kappa shape index (κ1) is 14.5. The van der Waals surface area contributed by atoms with Gasteiger partial charge in [-0.15, -0.1) is 0 Å². The van der Waals surface area contributed by atoms with Gasteiger partial charge in [0.15, 0.2) is 5.78 Å². The van der Waals surface area contributed by atoms with Crippen molar-refractivity contribution in [2.75, 3.05) is 6.54 Å². The lowest BCUT2D eigenvalue weighted by Crippen LogP contribution is -2.32. The third kappa shape index (κ3) is 2.80. The lowest BCUT2D eigenvalue weighted by Gasteiger charge is -2.17. The summed E-state index contributed by atoms with van der Waals surface area (Å²) in [5.41, 5.74) is 2.67. The first-order valence-corrected chi connectivity index (χ1v) is 8.06. The lowest BCUT2D eigenvalue weighted by atomic mass is 9.94. The highest BCUT2D eigenvalue weighted by atomic mass is 79.9. The summed E-state index contributed by atoms with van der Waals surface area (Å²) in [6.45, 7) is 0.649. The van der Waals surface area contributed by atoms with Crippen LogP contribution in [0.1, 0.15) is 31.8 Å². The predicted molar refractivity (Wildman–Crippen MR) is 87.8 cm³/mol. The summed E-state index contributed by atoms with van der Waals surface area (Å²) in [6, 6.07) is 10.8. The van der Waals surface area contributed by atoms with Crippen molar-refractivity contribution in [3.8, 4) is 0 Å². The van der Waals surface area contributed by atoms with Gasteiger partial charge in [0.25, 0.3) is 5.91 Å². The summed E-state index contributed by atoms with van der Waals surface area (Å²) in [5.74, 6) is -0.219. The summed E-state index contributed by atoms with van der Waals surface area (Å²) < 4.78 is 1.57. The van der Waals surface area contributed by atoms with Crippen LogP contribution in [-0.4, -0.2) is 18.2 Å². The summed E-state index contributed by atoms with van der Waals surface area (Å²) in [5, 5.41) is 2.80. The van der Waals surface area contributed by atoms with Gasteiger partial charge in [0.05, 0.1) is 0 Å². The molecule has 1 N–H and O–H groups in total. The van der Waals surface area contributed by atoms with Crippen molar-refractivity contribution in [1.29, 1.82) is 0 Å². The van der Waals surface area contributed by atoms with Gasteiger partial charge in [-0.05, 0) is 36.2 Å². The number of halogens is 2. The van der Waals surface area contributed by atoms with Crippen LogP contribution in [0.15, 0.2) is 45.3 Å². The summed E-state index contributed by atoms with van der Waals surface area (Å²) in [7, 11) is 0. The zero-order chi connectivity index (χ0) is 15.0. The van der Waals surface area contributed by atoms with Gasteiger partial charge in [-0.2, -0.15) is 0 Å². The second-order valence-electron chi connectivity index (χ2n) is 4.83. The maximum atomic E-state index is 12.6. The fourth-order valence-electron chi connectivity index (χ4n) is 2.38. The van der Waals surface area contributed by atoms with E-state index in [0.29, 0.717) is 23.2 Å². The van der Waals surface area contributed by atoms with Crippen LogP contribution in [0.5, 0.6) is 0 Å². The van der Waals surface area contributed by atoms with Gasteiger partial charge in [0, 0.05) is 32.2 Å². The Balaban J connectivity index is 2.04. The van der Waals surface area contributed by atoms with Crippen molar-refractivity contribution >= 4 is 43.6 Å². The zero-order valence-electron chi connectivity index (χ0n) is 11.0. The number of carbonyl (C=O) groups is 2. The highest BCUT2D eigenvalue weighted by molar-refractivity contribution is 9.11.